The lowest BCUT2D eigenvalue weighted by Gasteiger charge is -2.00. The summed E-state index contributed by atoms with van der Waals surface area (Å²) >= 11 is 0. The molecule has 0 spiro atoms. The predicted octanol–water partition coefficient (Wildman–Crippen LogP) is 6.12. The summed E-state index contributed by atoms with van der Waals surface area (Å²) in [6.07, 6.45) is 24.0. The van der Waals surface area contributed by atoms with Crippen LogP contribution in [0.3, 0.4) is 0 Å². The van der Waals surface area contributed by atoms with Crippen molar-refractivity contribution in [2.75, 3.05) is 0 Å². The van der Waals surface area contributed by atoms with Crippen LogP contribution in [-0.2, 0) is 9.59 Å². The van der Waals surface area contributed by atoms with Crippen LogP contribution >= 0.6 is 0 Å². The maximum absolute atomic E-state index is 11.3. The van der Waals surface area contributed by atoms with E-state index in [4.69, 9.17) is 0 Å². The van der Waals surface area contributed by atoms with Gasteiger partial charge in [0.1, 0.15) is 11.6 Å². The summed E-state index contributed by atoms with van der Waals surface area (Å²) in [7, 11) is 0. The molecule has 0 saturated heterocycles. The van der Waals surface area contributed by atoms with Gasteiger partial charge in [-0.3, -0.25) is 9.59 Å². The van der Waals surface area contributed by atoms with E-state index in [2.05, 4.69) is 43.4 Å². The number of ketones is 2. The minimum absolute atomic E-state index is 0.0194. The first kappa shape index (κ1) is 21.6. The molecule has 0 radical (unpaired) electrons. The molecule has 2 heteroatoms. The molecule has 0 aromatic rings. The van der Waals surface area contributed by atoms with Crippen molar-refractivity contribution in [2.24, 2.45) is 0 Å². The number of unbranched alkanes of at least 4 members (excludes halogenated alkanes) is 5. The third kappa shape index (κ3) is 18.5. The molecule has 0 N–H and O–H groups in total. The fourth-order valence-electron chi connectivity index (χ4n) is 2.31. The Labute approximate surface area is 142 Å². The Morgan fingerprint density at radius 1 is 0.739 bits per heavy atom. The lowest BCUT2D eigenvalue weighted by Crippen LogP contribution is -2.03. The molecule has 0 saturated carbocycles. The maximum atomic E-state index is 11.3. The van der Waals surface area contributed by atoms with Crippen LogP contribution < -0.4 is 0 Å². The molecule has 0 aromatic heterocycles. The second-order valence-corrected chi connectivity index (χ2v) is 6.02. The molecule has 0 amide bonds. The highest BCUT2D eigenvalue weighted by Crippen LogP contribution is 2.09. The van der Waals surface area contributed by atoms with Crippen LogP contribution in [0.25, 0.3) is 0 Å². The smallest absolute Gasteiger partial charge is 0.140 e. The van der Waals surface area contributed by atoms with Gasteiger partial charge in [-0.1, -0.05) is 62.6 Å². The average Bonchev–Trinajstić information content (AvgIpc) is 2.50. The topological polar surface area (TPSA) is 34.1 Å². The van der Waals surface area contributed by atoms with Crippen molar-refractivity contribution in [3.63, 3.8) is 0 Å². The van der Waals surface area contributed by atoms with Gasteiger partial charge in [-0.15, -0.1) is 0 Å². The van der Waals surface area contributed by atoms with E-state index in [1.54, 1.807) is 0 Å². The Bertz CT molecular complexity index is 389. The van der Waals surface area contributed by atoms with Gasteiger partial charge in [0, 0.05) is 6.42 Å². The van der Waals surface area contributed by atoms with Crippen LogP contribution in [0.15, 0.2) is 36.5 Å². The zero-order valence-corrected chi connectivity index (χ0v) is 15.1. The summed E-state index contributed by atoms with van der Waals surface area (Å²) in [6, 6.07) is 0. The van der Waals surface area contributed by atoms with Gasteiger partial charge < -0.3 is 0 Å². The minimum atomic E-state index is -0.0194. The van der Waals surface area contributed by atoms with Gasteiger partial charge in [0.25, 0.3) is 0 Å². The Kier molecular flexibility index (Phi) is 15.9. The Morgan fingerprint density at radius 2 is 1.30 bits per heavy atom. The first-order valence-corrected chi connectivity index (χ1v) is 9.13. The Morgan fingerprint density at radius 3 is 1.96 bits per heavy atom. The van der Waals surface area contributed by atoms with Crippen molar-refractivity contribution in [1.29, 1.82) is 0 Å². The third-order valence-electron chi connectivity index (χ3n) is 3.55. The predicted molar refractivity (Wildman–Crippen MR) is 99.6 cm³/mol. The number of hydrogen-bond acceptors (Lipinski definition) is 2. The van der Waals surface area contributed by atoms with E-state index in [0.29, 0.717) is 6.42 Å². The lowest BCUT2D eigenvalue weighted by atomic mass is 10.1. The molecule has 0 heterocycles. The van der Waals surface area contributed by atoms with Crippen molar-refractivity contribution < 1.29 is 9.59 Å². The first-order valence-electron chi connectivity index (χ1n) is 9.13. The summed E-state index contributed by atoms with van der Waals surface area (Å²) in [4.78, 5) is 22.1. The Balaban J connectivity index is 3.32. The van der Waals surface area contributed by atoms with Crippen LogP contribution in [0.1, 0.15) is 84.5 Å². The largest absolute Gasteiger partial charge is 0.300 e. The number of rotatable bonds is 15. The molecular weight excluding hydrogens is 284 g/mol. The van der Waals surface area contributed by atoms with Crippen molar-refractivity contribution >= 4 is 11.6 Å². The van der Waals surface area contributed by atoms with Gasteiger partial charge in [0.2, 0.25) is 0 Å². The van der Waals surface area contributed by atoms with Crippen molar-refractivity contribution in [3.05, 3.63) is 36.5 Å². The van der Waals surface area contributed by atoms with Gasteiger partial charge in [0.15, 0.2) is 0 Å². The third-order valence-corrected chi connectivity index (χ3v) is 3.55. The molecule has 0 rings (SSSR count). The van der Waals surface area contributed by atoms with E-state index in [1.807, 2.05) is 0 Å². The number of Topliss-reactive ketones (excluding diaryl/α,β-unsaturated/α-hetero) is 2. The highest BCUT2D eigenvalue weighted by Gasteiger charge is 2.04. The molecule has 130 valence electrons. The average molecular weight is 319 g/mol. The van der Waals surface area contributed by atoms with Gasteiger partial charge in [-0.2, -0.15) is 0 Å². The molecule has 0 aromatic carbocycles. The second-order valence-electron chi connectivity index (χ2n) is 6.02. The van der Waals surface area contributed by atoms with Crippen LogP contribution in [-0.4, -0.2) is 11.6 Å². The van der Waals surface area contributed by atoms with Crippen LogP contribution in [0, 0.1) is 0 Å². The fourth-order valence-corrected chi connectivity index (χ4v) is 2.31. The van der Waals surface area contributed by atoms with Crippen LogP contribution in [0.2, 0.25) is 0 Å². The van der Waals surface area contributed by atoms with Gasteiger partial charge in [-0.05, 0) is 45.4 Å². The maximum Gasteiger partial charge on any atom is 0.140 e. The number of carbonyl (C=O) groups is 2. The van der Waals surface area contributed by atoms with Crippen molar-refractivity contribution in [2.45, 2.75) is 84.5 Å². The normalized spacial score (nSPS) is 11.9. The molecule has 0 aliphatic heterocycles. The highest BCUT2D eigenvalue weighted by atomic mass is 16.1. The fraction of sp³-hybridized carbons (Fsp3) is 0.619. The van der Waals surface area contributed by atoms with Crippen LogP contribution in [0.5, 0.6) is 0 Å². The first-order chi connectivity index (χ1) is 11.2. The molecule has 0 fully saturated rings. The van der Waals surface area contributed by atoms with E-state index >= 15 is 0 Å². The molecule has 0 bridgehead atoms. The summed E-state index contributed by atoms with van der Waals surface area (Å²) in [5, 5.41) is 0. The summed E-state index contributed by atoms with van der Waals surface area (Å²) in [5.41, 5.74) is 0. The highest BCUT2D eigenvalue weighted by molar-refractivity contribution is 5.97. The number of hydrogen-bond donors (Lipinski definition) is 0. The molecular formula is C21H34O2. The van der Waals surface area contributed by atoms with Crippen molar-refractivity contribution in [1.82, 2.24) is 0 Å². The van der Waals surface area contributed by atoms with Crippen molar-refractivity contribution in [3.8, 4) is 0 Å². The Hall–Kier alpha value is -1.44. The lowest BCUT2D eigenvalue weighted by molar-refractivity contribution is -0.125. The van der Waals surface area contributed by atoms with E-state index in [9.17, 15) is 9.59 Å². The second kappa shape index (κ2) is 16.9. The number of carbonyl (C=O) groups excluding carboxylic acids is 2. The summed E-state index contributed by atoms with van der Waals surface area (Å²) in [6.45, 7) is 3.63. The molecule has 2 nitrogen and oxygen atoms in total. The summed E-state index contributed by atoms with van der Waals surface area (Å²) in [5.74, 6) is 0.0766. The molecule has 0 aliphatic rings. The zero-order chi connectivity index (χ0) is 17.2. The van der Waals surface area contributed by atoms with Gasteiger partial charge in [0.05, 0.1) is 6.42 Å². The standard InChI is InChI=1S/C21H34O2/c1-3-4-5-6-7-8-9-10-11-12-13-14-15-16-17-18-21(23)19-20(2)22/h4-5,7-8,10-11H,3,6,9,12-19H2,1-2H3/b5-4-,8-7-,11-10-. The van der Waals surface area contributed by atoms with E-state index < -0.39 is 0 Å². The van der Waals surface area contributed by atoms with Crippen LogP contribution in [0.4, 0.5) is 0 Å². The SMILES string of the molecule is CC/C=C\C/C=C\C/C=C\CCCCCCCC(=O)CC(C)=O. The quantitative estimate of drug-likeness (QED) is 0.207. The van der Waals surface area contributed by atoms with E-state index in [-0.39, 0.29) is 18.0 Å². The van der Waals surface area contributed by atoms with E-state index in [1.165, 1.54) is 26.2 Å². The minimum Gasteiger partial charge on any atom is -0.300 e. The van der Waals surface area contributed by atoms with Gasteiger partial charge in [-0.25, -0.2) is 0 Å². The number of allylic oxidation sites excluding steroid dienone is 6. The molecule has 0 aliphatic carbocycles. The summed E-state index contributed by atoms with van der Waals surface area (Å²) < 4.78 is 0. The molecule has 23 heavy (non-hydrogen) atoms. The molecule has 0 unspecified atom stereocenters. The zero-order valence-electron chi connectivity index (χ0n) is 15.1. The van der Waals surface area contributed by atoms with E-state index in [0.717, 1.165) is 38.5 Å². The monoisotopic (exact) mass is 318 g/mol. The molecule has 0 atom stereocenters. The van der Waals surface area contributed by atoms with Gasteiger partial charge >= 0.3 is 0 Å².